The maximum absolute atomic E-state index is 9.38. The van der Waals surface area contributed by atoms with Crippen LogP contribution in [0.1, 0.15) is 0 Å². The van der Waals surface area contributed by atoms with Crippen LogP contribution in [0.15, 0.2) is 39.3 Å². The molecule has 3 rings (SSSR count). The Labute approximate surface area is 129 Å². The summed E-state index contributed by atoms with van der Waals surface area (Å²) in [6, 6.07) is 3.60. The molecule has 116 valence electrons. The molecule has 0 aliphatic heterocycles. The van der Waals surface area contributed by atoms with Crippen LogP contribution in [-0.2, 0) is 13.6 Å². The van der Waals surface area contributed by atoms with Crippen LogP contribution < -0.4 is 0 Å². The first-order valence-corrected chi connectivity index (χ1v) is 7.28. The summed E-state index contributed by atoms with van der Waals surface area (Å²) in [5.74, 6) is 0.564. The molecule has 0 aliphatic rings. The van der Waals surface area contributed by atoms with Gasteiger partial charge in [0.2, 0.25) is 0 Å². The third-order valence-electron chi connectivity index (χ3n) is 2.84. The van der Waals surface area contributed by atoms with Gasteiger partial charge in [0, 0.05) is 7.05 Å². The van der Waals surface area contributed by atoms with Crippen LogP contribution in [0.3, 0.4) is 0 Å². The van der Waals surface area contributed by atoms with Crippen LogP contribution in [0.25, 0.3) is 11.5 Å². The minimum atomic E-state index is -0.867. The maximum Gasteiger partial charge on any atom is 0.198 e. The zero-order valence-electron chi connectivity index (χ0n) is 11.7. The number of aliphatic hydroxyl groups is 2. The highest BCUT2D eigenvalue weighted by molar-refractivity contribution is 7.99. The van der Waals surface area contributed by atoms with E-state index in [4.69, 9.17) is 9.52 Å². The summed E-state index contributed by atoms with van der Waals surface area (Å²) in [6.45, 7) is -0.154. The number of nitrogens with zero attached hydrogens (tertiary/aromatic N) is 6. The molecular weight excluding hydrogens is 308 g/mol. The lowest BCUT2D eigenvalue weighted by Gasteiger charge is -2.04. The average Bonchev–Trinajstić information content (AvgIpc) is 3.22. The highest BCUT2D eigenvalue weighted by atomic mass is 32.2. The predicted molar refractivity (Wildman–Crippen MR) is 75.9 cm³/mol. The number of rotatable bonds is 6. The van der Waals surface area contributed by atoms with E-state index >= 15 is 0 Å². The van der Waals surface area contributed by atoms with E-state index < -0.39 is 6.10 Å². The van der Waals surface area contributed by atoms with Crippen molar-refractivity contribution in [2.24, 2.45) is 7.05 Å². The largest absolute Gasteiger partial charge is 0.448 e. The van der Waals surface area contributed by atoms with E-state index in [9.17, 15) is 5.11 Å². The van der Waals surface area contributed by atoms with Crippen LogP contribution in [0.4, 0.5) is 0 Å². The molecule has 0 unspecified atom stereocenters. The van der Waals surface area contributed by atoms with E-state index in [-0.39, 0.29) is 13.2 Å². The van der Waals surface area contributed by atoms with Gasteiger partial charge >= 0.3 is 0 Å². The van der Waals surface area contributed by atoms with E-state index in [0.717, 1.165) is 5.16 Å². The van der Waals surface area contributed by atoms with Gasteiger partial charge in [0.05, 0.1) is 25.5 Å². The molecule has 0 bridgehead atoms. The van der Waals surface area contributed by atoms with Crippen LogP contribution in [0.2, 0.25) is 0 Å². The van der Waals surface area contributed by atoms with Crippen molar-refractivity contribution in [2.75, 3.05) is 6.61 Å². The van der Waals surface area contributed by atoms with E-state index in [1.165, 1.54) is 16.4 Å². The van der Waals surface area contributed by atoms with Gasteiger partial charge in [-0.3, -0.25) is 0 Å². The van der Waals surface area contributed by atoms with Crippen molar-refractivity contribution >= 4 is 11.8 Å². The lowest BCUT2D eigenvalue weighted by atomic mass is 10.3. The summed E-state index contributed by atoms with van der Waals surface area (Å²) >= 11 is 1.35. The predicted octanol–water partition coefficient (Wildman–Crippen LogP) is 0.171. The first-order chi connectivity index (χ1) is 10.7. The highest BCUT2D eigenvalue weighted by Crippen LogP contribution is 2.30. The number of hydrogen-bond acceptors (Lipinski definition) is 8. The topological polar surface area (TPSA) is 115 Å². The quantitative estimate of drug-likeness (QED) is 0.660. The molecule has 0 spiro atoms. The summed E-state index contributed by atoms with van der Waals surface area (Å²) in [5, 5.41) is 35.2. The van der Waals surface area contributed by atoms with Gasteiger partial charge in [-0.25, -0.2) is 4.68 Å². The Balaban J connectivity index is 1.72. The number of aromatic nitrogens is 6. The number of furan rings is 1. The monoisotopic (exact) mass is 322 g/mol. The molecule has 9 nitrogen and oxygen atoms in total. The molecule has 0 aliphatic carbocycles. The first-order valence-electron chi connectivity index (χ1n) is 6.47. The smallest absolute Gasteiger partial charge is 0.198 e. The molecule has 0 amide bonds. The Kier molecular flexibility index (Phi) is 4.22. The minimum Gasteiger partial charge on any atom is -0.448 e. The third kappa shape index (κ3) is 3.18. The molecule has 3 aromatic rings. The summed E-state index contributed by atoms with van der Waals surface area (Å²) in [7, 11) is 1.85. The van der Waals surface area contributed by atoms with E-state index in [1.807, 2.05) is 13.1 Å². The van der Waals surface area contributed by atoms with E-state index in [1.54, 1.807) is 23.2 Å². The zero-order valence-corrected chi connectivity index (χ0v) is 12.5. The van der Waals surface area contributed by atoms with Gasteiger partial charge in [-0.1, -0.05) is 5.21 Å². The lowest BCUT2D eigenvalue weighted by molar-refractivity contribution is 0.0778. The lowest BCUT2D eigenvalue weighted by Crippen LogP contribution is -2.20. The molecule has 1 atom stereocenters. The molecule has 2 N–H and O–H groups in total. The summed E-state index contributed by atoms with van der Waals surface area (Å²) in [5.41, 5.74) is 0.551. The third-order valence-corrected chi connectivity index (χ3v) is 3.82. The number of aryl methyl sites for hydroxylation is 1. The van der Waals surface area contributed by atoms with Gasteiger partial charge in [0.1, 0.15) is 12.0 Å². The summed E-state index contributed by atoms with van der Waals surface area (Å²) in [4.78, 5) is 0. The van der Waals surface area contributed by atoms with E-state index in [2.05, 4.69) is 20.5 Å². The van der Waals surface area contributed by atoms with Crippen molar-refractivity contribution in [1.29, 1.82) is 0 Å². The van der Waals surface area contributed by atoms with Gasteiger partial charge in [-0.15, -0.1) is 15.3 Å². The SMILES string of the molecule is Cn1cnnc1Sc1ccc(-c2cn(C[C@@H](O)CO)nn2)o1. The molecule has 22 heavy (non-hydrogen) atoms. The Morgan fingerprint density at radius 1 is 1.36 bits per heavy atom. The molecule has 0 saturated carbocycles. The van der Waals surface area contributed by atoms with Gasteiger partial charge in [0.25, 0.3) is 0 Å². The highest BCUT2D eigenvalue weighted by Gasteiger charge is 2.13. The fourth-order valence-corrected chi connectivity index (χ4v) is 2.47. The summed E-state index contributed by atoms with van der Waals surface area (Å²) < 4.78 is 8.94. The van der Waals surface area contributed by atoms with E-state index in [0.29, 0.717) is 16.5 Å². The number of hydrogen-bond donors (Lipinski definition) is 2. The van der Waals surface area contributed by atoms with Crippen molar-refractivity contribution < 1.29 is 14.6 Å². The molecule has 0 radical (unpaired) electrons. The molecule has 0 aromatic carbocycles. The van der Waals surface area contributed by atoms with Crippen molar-refractivity contribution in [3.05, 3.63) is 24.7 Å². The second kappa shape index (κ2) is 6.30. The van der Waals surface area contributed by atoms with Crippen LogP contribution in [-0.4, -0.2) is 52.7 Å². The number of aliphatic hydroxyl groups excluding tert-OH is 2. The van der Waals surface area contributed by atoms with Crippen molar-refractivity contribution in [2.45, 2.75) is 22.9 Å². The minimum absolute atomic E-state index is 0.171. The molecule has 0 saturated heterocycles. The van der Waals surface area contributed by atoms with Crippen molar-refractivity contribution in [1.82, 2.24) is 29.8 Å². The molecular formula is C12H14N6O3S. The molecule has 0 fully saturated rings. The molecule has 10 heteroatoms. The van der Waals surface area contributed by atoms with Crippen LogP contribution in [0.5, 0.6) is 0 Å². The Hall–Kier alpha value is -2.17. The molecule has 3 heterocycles. The van der Waals surface area contributed by atoms with Crippen molar-refractivity contribution in [3.8, 4) is 11.5 Å². The van der Waals surface area contributed by atoms with Crippen LogP contribution in [0, 0.1) is 0 Å². The summed E-state index contributed by atoms with van der Waals surface area (Å²) in [6.07, 6.45) is 2.40. The van der Waals surface area contributed by atoms with Gasteiger partial charge < -0.3 is 19.2 Å². The van der Waals surface area contributed by atoms with Crippen LogP contribution >= 0.6 is 11.8 Å². The van der Waals surface area contributed by atoms with Crippen molar-refractivity contribution in [3.63, 3.8) is 0 Å². The zero-order chi connectivity index (χ0) is 15.5. The van der Waals surface area contributed by atoms with Gasteiger partial charge in [0.15, 0.2) is 16.0 Å². The standard InChI is InChI=1S/C12H14N6O3S/c1-17-7-13-15-12(17)22-11-3-2-10(21-11)9-5-18(16-14-9)4-8(20)6-19/h2-3,5,7-8,19-20H,4,6H2,1H3/t8-/m1/s1. The molecule has 3 aromatic heterocycles. The Morgan fingerprint density at radius 2 is 2.23 bits per heavy atom. The Morgan fingerprint density at radius 3 is 2.95 bits per heavy atom. The second-order valence-corrected chi connectivity index (χ2v) is 5.58. The van der Waals surface area contributed by atoms with Gasteiger partial charge in [-0.05, 0) is 23.9 Å². The first kappa shape index (κ1) is 14.8. The fraction of sp³-hybridized carbons (Fsp3) is 0.333. The second-order valence-electron chi connectivity index (χ2n) is 4.61. The normalized spacial score (nSPS) is 12.7. The van der Waals surface area contributed by atoms with Gasteiger partial charge in [-0.2, -0.15) is 0 Å². The maximum atomic E-state index is 9.38. The Bertz CT molecular complexity index is 751. The average molecular weight is 322 g/mol. The fourth-order valence-electron chi connectivity index (χ4n) is 1.74.